The summed E-state index contributed by atoms with van der Waals surface area (Å²) in [6, 6.07) is 4.58. The molecule has 0 bridgehead atoms. The molecule has 0 aliphatic rings. The van der Waals surface area contributed by atoms with E-state index in [1.165, 1.54) is 12.1 Å². The fraction of sp³-hybridized carbons (Fsp3) is 0.200. The standard InChI is InChI=1S/C10H12FNS/c1-2-3-4-13-10-6-8(11)5-9(12)7-10/h2,5-7H,1,3-4,12H2. The second-order valence-electron chi connectivity index (χ2n) is 2.65. The average molecular weight is 197 g/mol. The molecule has 0 spiro atoms. The van der Waals surface area contributed by atoms with E-state index in [2.05, 4.69) is 6.58 Å². The molecule has 13 heavy (non-hydrogen) atoms. The summed E-state index contributed by atoms with van der Waals surface area (Å²) in [6.07, 6.45) is 2.76. The third-order valence-corrected chi connectivity index (χ3v) is 2.49. The molecule has 0 saturated heterocycles. The molecule has 0 saturated carbocycles. The van der Waals surface area contributed by atoms with Crippen LogP contribution in [0.1, 0.15) is 6.42 Å². The summed E-state index contributed by atoms with van der Waals surface area (Å²) >= 11 is 1.58. The molecule has 0 fully saturated rings. The van der Waals surface area contributed by atoms with Crippen LogP contribution in [-0.4, -0.2) is 5.75 Å². The van der Waals surface area contributed by atoms with E-state index in [-0.39, 0.29) is 5.82 Å². The Labute approximate surface area is 81.8 Å². The first-order chi connectivity index (χ1) is 6.22. The number of benzene rings is 1. The molecular weight excluding hydrogens is 185 g/mol. The lowest BCUT2D eigenvalue weighted by Gasteiger charge is -2.01. The summed E-state index contributed by atoms with van der Waals surface area (Å²) < 4.78 is 12.8. The van der Waals surface area contributed by atoms with Crippen LogP contribution in [0, 0.1) is 5.82 Å². The first-order valence-electron chi connectivity index (χ1n) is 4.02. The molecular formula is C10H12FNS. The van der Waals surface area contributed by atoms with E-state index in [9.17, 15) is 4.39 Å². The molecule has 0 heterocycles. The molecule has 1 aromatic carbocycles. The van der Waals surface area contributed by atoms with Crippen LogP contribution in [-0.2, 0) is 0 Å². The number of rotatable bonds is 4. The summed E-state index contributed by atoms with van der Waals surface area (Å²) in [5.41, 5.74) is 5.96. The van der Waals surface area contributed by atoms with Crippen LogP contribution in [0.25, 0.3) is 0 Å². The van der Waals surface area contributed by atoms with Crippen molar-refractivity contribution in [2.75, 3.05) is 11.5 Å². The minimum absolute atomic E-state index is 0.277. The minimum atomic E-state index is -0.277. The van der Waals surface area contributed by atoms with Gasteiger partial charge in [-0.3, -0.25) is 0 Å². The Bertz CT molecular complexity index is 279. The third-order valence-electron chi connectivity index (χ3n) is 1.48. The Morgan fingerprint density at radius 2 is 2.23 bits per heavy atom. The van der Waals surface area contributed by atoms with Crippen LogP contribution in [0.2, 0.25) is 0 Å². The van der Waals surface area contributed by atoms with E-state index in [1.807, 2.05) is 6.08 Å². The first-order valence-corrected chi connectivity index (χ1v) is 5.00. The van der Waals surface area contributed by atoms with Gasteiger partial charge >= 0.3 is 0 Å². The zero-order valence-electron chi connectivity index (χ0n) is 7.29. The minimum Gasteiger partial charge on any atom is -0.399 e. The van der Waals surface area contributed by atoms with Crippen molar-refractivity contribution in [1.29, 1.82) is 0 Å². The van der Waals surface area contributed by atoms with Crippen LogP contribution in [0.3, 0.4) is 0 Å². The van der Waals surface area contributed by atoms with Gasteiger partial charge in [-0.1, -0.05) is 6.08 Å². The molecule has 70 valence electrons. The van der Waals surface area contributed by atoms with Crippen molar-refractivity contribution in [3.63, 3.8) is 0 Å². The van der Waals surface area contributed by atoms with E-state index in [4.69, 9.17) is 5.73 Å². The average Bonchev–Trinajstić information content (AvgIpc) is 2.03. The lowest BCUT2D eigenvalue weighted by Crippen LogP contribution is -1.87. The third kappa shape index (κ3) is 3.51. The van der Waals surface area contributed by atoms with Gasteiger partial charge in [-0.2, -0.15) is 0 Å². The van der Waals surface area contributed by atoms with E-state index in [0.717, 1.165) is 17.1 Å². The Hall–Kier alpha value is -0.960. The maximum atomic E-state index is 12.8. The Morgan fingerprint density at radius 3 is 2.85 bits per heavy atom. The normalized spacial score (nSPS) is 9.92. The van der Waals surface area contributed by atoms with Gasteiger partial charge < -0.3 is 5.73 Å². The fourth-order valence-electron chi connectivity index (χ4n) is 0.928. The van der Waals surface area contributed by atoms with Gasteiger partial charge in [0.2, 0.25) is 0 Å². The van der Waals surface area contributed by atoms with Crippen molar-refractivity contribution < 1.29 is 4.39 Å². The van der Waals surface area contributed by atoms with Crippen LogP contribution in [0.5, 0.6) is 0 Å². The van der Waals surface area contributed by atoms with Gasteiger partial charge in [-0.25, -0.2) is 4.39 Å². The van der Waals surface area contributed by atoms with Crippen molar-refractivity contribution in [3.8, 4) is 0 Å². The molecule has 1 nitrogen and oxygen atoms in total. The smallest absolute Gasteiger partial charge is 0.126 e. The molecule has 0 aliphatic heterocycles. The van der Waals surface area contributed by atoms with Gasteiger partial charge in [0.1, 0.15) is 5.82 Å². The highest BCUT2D eigenvalue weighted by Gasteiger charge is 1.98. The number of halogens is 1. The quantitative estimate of drug-likeness (QED) is 0.347. The summed E-state index contributed by atoms with van der Waals surface area (Å²) in [4.78, 5) is 0.874. The number of hydrogen-bond donors (Lipinski definition) is 1. The van der Waals surface area contributed by atoms with E-state index >= 15 is 0 Å². The monoisotopic (exact) mass is 197 g/mol. The van der Waals surface area contributed by atoms with Gasteiger partial charge in [0.25, 0.3) is 0 Å². The maximum Gasteiger partial charge on any atom is 0.126 e. The zero-order chi connectivity index (χ0) is 9.68. The molecule has 2 N–H and O–H groups in total. The van der Waals surface area contributed by atoms with Crippen LogP contribution in [0.15, 0.2) is 35.7 Å². The van der Waals surface area contributed by atoms with Gasteiger partial charge in [-0.15, -0.1) is 18.3 Å². The molecule has 1 aromatic rings. The van der Waals surface area contributed by atoms with Crippen molar-refractivity contribution in [3.05, 3.63) is 36.7 Å². The topological polar surface area (TPSA) is 26.0 Å². The Balaban J connectivity index is 2.60. The molecule has 0 atom stereocenters. The molecule has 0 amide bonds. The van der Waals surface area contributed by atoms with Crippen molar-refractivity contribution in [2.24, 2.45) is 0 Å². The second kappa shape index (κ2) is 4.92. The predicted molar refractivity (Wildman–Crippen MR) is 56.4 cm³/mol. The van der Waals surface area contributed by atoms with Crippen molar-refractivity contribution >= 4 is 17.4 Å². The van der Waals surface area contributed by atoms with Crippen LogP contribution >= 0.6 is 11.8 Å². The number of anilines is 1. The second-order valence-corrected chi connectivity index (χ2v) is 3.81. The number of nitrogens with two attached hydrogens (primary N) is 1. The summed E-state index contributed by atoms with van der Waals surface area (Å²) in [5.74, 6) is 0.632. The molecule has 0 aromatic heterocycles. The van der Waals surface area contributed by atoms with Crippen molar-refractivity contribution in [2.45, 2.75) is 11.3 Å². The first kappa shape index (κ1) is 10.1. The lowest BCUT2D eigenvalue weighted by molar-refractivity contribution is 0.625. The van der Waals surface area contributed by atoms with Gasteiger partial charge in [0, 0.05) is 16.3 Å². The SMILES string of the molecule is C=CCCSc1cc(N)cc(F)c1. The van der Waals surface area contributed by atoms with E-state index < -0.39 is 0 Å². The number of allylic oxidation sites excluding steroid dienone is 1. The highest BCUT2D eigenvalue weighted by molar-refractivity contribution is 7.99. The number of thioether (sulfide) groups is 1. The highest BCUT2D eigenvalue weighted by Crippen LogP contribution is 2.22. The zero-order valence-corrected chi connectivity index (χ0v) is 8.11. The largest absolute Gasteiger partial charge is 0.399 e. The molecule has 0 aliphatic carbocycles. The van der Waals surface area contributed by atoms with Crippen LogP contribution < -0.4 is 5.73 Å². The van der Waals surface area contributed by atoms with Gasteiger partial charge in [-0.05, 0) is 24.6 Å². The predicted octanol–water partition coefficient (Wildman–Crippen LogP) is 3.08. The highest BCUT2D eigenvalue weighted by atomic mass is 32.2. The van der Waals surface area contributed by atoms with Gasteiger partial charge in [0.15, 0.2) is 0 Å². The van der Waals surface area contributed by atoms with E-state index in [0.29, 0.717) is 5.69 Å². The molecule has 3 heteroatoms. The summed E-state index contributed by atoms with van der Waals surface area (Å²) in [5, 5.41) is 0. The Kier molecular flexibility index (Phi) is 3.83. The molecule has 0 radical (unpaired) electrons. The number of hydrogen-bond acceptors (Lipinski definition) is 2. The Morgan fingerprint density at radius 1 is 1.46 bits per heavy atom. The maximum absolute atomic E-state index is 12.8. The summed E-state index contributed by atoms with van der Waals surface area (Å²) in [6.45, 7) is 3.61. The lowest BCUT2D eigenvalue weighted by atomic mass is 10.3. The molecule has 1 rings (SSSR count). The van der Waals surface area contributed by atoms with Crippen molar-refractivity contribution in [1.82, 2.24) is 0 Å². The fourth-order valence-corrected chi connectivity index (χ4v) is 1.86. The molecule has 0 unspecified atom stereocenters. The van der Waals surface area contributed by atoms with Gasteiger partial charge in [0.05, 0.1) is 0 Å². The summed E-state index contributed by atoms with van der Waals surface area (Å²) in [7, 11) is 0. The number of nitrogen functional groups attached to an aromatic ring is 1. The van der Waals surface area contributed by atoms with Crippen LogP contribution in [0.4, 0.5) is 10.1 Å². The van der Waals surface area contributed by atoms with E-state index in [1.54, 1.807) is 17.8 Å².